The fourth-order valence-electron chi connectivity index (χ4n) is 10.8. The molecule has 0 spiro atoms. The SMILES string of the molecule is COc1cc2c(Oc3ccc(N(C(=O)C4(C(N)=O)CC4)c4ccc(F)cc4)cc3F)ccnc2cc1OCCCOCCOCCCOc1cc(-c2scnc2C)ccc1CNC(=O)[C@@H]1C[C@@H](O)CN1C(=O)[C@H](C(C)C)N1Cc2ccccc2C1=O. The minimum Gasteiger partial charge on any atom is -0.493 e. The van der Waals surface area contributed by atoms with E-state index in [-0.39, 0.29) is 73.0 Å². The minimum atomic E-state index is -1.43. The molecule has 19 nitrogen and oxygen atoms in total. The van der Waals surface area contributed by atoms with Gasteiger partial charge in [0.15, 0.2) is 23.1 Å². The van der Waals surface area contributed by atoms with E-state index in [1.54, 1.807) is 40.7 Å². The summed E-state index contributed by atoms with van der Waals surface area (Å²) in [6, 6.07) is 25.2. The maximum absolute atomic E-state index is 15.9. The lowest BCUT2D eigenvalue weighted by Gasteiger charge is -2.35. The third kappa shape index (κ3) is 13.3. The first-order valence-corrected chi connectivity index (χ1v) is 29.4. The monoisotopic (exact) mass is 1200 g/mol. The topological polar surface area (TPSA) is 235 Å². The van der Waals surface area contributed by atoms with Crippen molar-refractivity contribution in [1.29, 1.82) is 0 Å². The van der Waals surface area contributed by atoms with Crippen molar-refractivity contribution in [2.45, 2.75) is 84.2 Å². The summed E-state index contributed by atoms with van der Waals surface area (Å²) in [6.07, 6.45) is 2.27. The predicted molar refractivity (Wildman–Crippen MR) is 316 cm³/mol. The van der Waals surface area contributed by atoms with Crippen molar-refractivity contribution in [2.75, 3.05) is 58.2 Å². The number of aromatic nitrogens is 2. The second kappa shape index (κ2) is 26.8. The van der Waals surface area contributed by atoms with Gasteiger partial charge in [0.2, 0.25) is 23.6 Å². The Hall–Kier alpha value is -8.57. The van der Waals surface area contributed by atoms with E-state index in [9.17, 15) is 33.5 Å². The highest BCUT2D eigenvalue weighted by Gasteiger charge is 2.57. The second-order valence-corrected chi connectivity index (χ2v) is 22.6. The van der Waals surface area contributed by atoms with Crippen LogP contribution in [0, 0.1) is 29.9 Å². The van der Waals surface area contributed by atoms with Crippen LogP contribution in [0.2, 0.25) is 0 Å². The fraction of sp³-hybridized carbons (Fsp3) is 0.359. The Bertz CT molecular complexity index is 3640. The van der Waals surface area contributed by atoms with Gasteiger partial charge >= 0.3 is 0 Å². The van der Waals surface area contributed by atoms with Crippen molar-refractivity contribution >= 4 is 63.2 Å². The first-order valence-electron chi connectivity index (χ1n) is 28.5. The Balaban J connectivity index is 0.674. The number of hydrogen-bond acceptors (Lipinski definition) is 15. The molecular formula is C64H67F2N7O12S. The number of amides is 5. The Morgan fingerprint density at radius 1 is 0.826 bits per heavy atom. The molecule has 1 saturated heterocycles. The summed E-state index contributed by atoms with van der Waals surface area (Å²) in [6.45, 7) is 8.15. The van der Waals surface area contributed by atoms with Crippen molar-refractivity contribution in [1.82, 2.24) is 25.1 Å². The third-order valence-electron chi connectivity index (χ3n) is 15.5. The summed E-state index contributed by atoms with van der Waals surface area (Å²) in [5, 5.41) is 14.3. The van der Waals surface area contributed by atoms with Crippen LogP contribution in [0.1, 0.15) is 73.1 Å². The number of β-amino-alcohol motifs (C(OH)–C–C–N with tert-alkyl or cyclic N) is 1. The lowest BCUT2D eigenvalue weighted by molar-refractivity contribution is -0.143. The highest BCUT2D eigenvalue weighted by molar-refractivity contribution is 7.13. The highest BCUT2D eigenvalue weighted by atomic mass is 32.1. The molecule has 4 N–H and O–H groups in total. The molecule has 4 heterocycles. The number of anilines is 2. The zero-order chi connectivity index (χ0) is 60.6. The van der Waals surface area contributed by atoms with E-state index in [0.29, 0.717) is 92.7 Å². The van der Waals surface area contributed by atoms with Crippen LogP contribution < -0.4 is 34.9 Å². The van der Waals surface area contributed by atoms with Gasteiger partial charge in [-0.15, -0.1) is 11.3 Å². The molecule has 5 amide bonds. The maximum Gasteiger partial charge on any atom is 0.255 e. The summed E-state index contributed by atoms with van der Waals surface area (Å²) in [5.41, 5.74) is 10.7. The van der Waals surface area contributed by atoms with Crippen LogP contribution in [0.5, 0.6) is 28.7 Å². The van der Waals surface area contributed by atoms with Gasteiger partial charge in [-0.25, -0.2) is 13.8 Å². The van der Waals surface area contributed by atoms with Crippen LogP contribution in [-0.2, 0) is 41.7 Å². The number of nitrogens with zero attached hydrogens (tertiary/aromatic N) is 5. The Kier molecular flexibility index (Phi) is 18.9. The molecule has 2 fully saturated rings. The lowest BCUT2D eigenvalue weighted by atomic mass is 10.0. The summed E-state index contributed by atoms with van der Waals surface area (Å²) < 4.78 is 65.6. The molecule has 450 valence electrons. The van der Waals surface area contributed by atoms with Crippen molar-refractivity contribution in [3.63, 3.8) is 0 Å². The molecule has 86 heavy (non-hydrogen) atoms. The zero-order valence-corrected chi connectivity index (χ0v) is 48.9. The molecule has 2 aliphatic heterocycles. The average molecular weight is 1200 g/mol. The molecule has 3 aliphatic rings. The standard InChI is InChI=1S/C64H67F2N7O12S/c1-38(2)57(72-35-42-9-5-6-10-47(42)60(72)76)61(77)71-36-46(74)31-51(71)59(75)69-34-41-12-11-40(58-39(3)70-37-86-58)29-54(41)83-25-7-23-81-27-28-82-24-8-26-84-56-33-50-48(32-55(56)80-4)52(19-22-68-50)85-53-18-17-45(30-49(53)66)73(44-15-13-43(65)14-16-44)63(79)64(20-21-64)62(67)78/h5-6,9-19,22,29-30,32-33,37-38,46,51,57,74H,7-8,20-21,23-28,31,34-36H2,1-4H3,(H2,67,78)(H,69,75)/t46-,51+,57+/m1/s1. The number of nitrogens with two attached hydrogens (primary N) is 1. The number of methoxy groups -OCH3 is 1. The first kappa shape index (κ1) is 60.5. The summed E-state index contributed by atoms with van der Waals surface area (Å²) in [7, 11) is 1.49. The van der Waals surface area contributed by atoms with Crippen LogP contribution >= 0.6 is 11.3 Å². The molecule has 2 aromatic heterocycles. The molecular weight excluding hydrogens is 1130 g/mol. The number of fused-ring (bicyclic) bond motifs is 2. The van der Waals surface area contributed by atoms with Gasteiger partial charge in [0.05, 0.1) is 66.9 Å². The normalized spacial score (nSPS) is 16.3. The van der Waals surface area contributed by atoms with Gasteiger partial charge in [-0.3, -0.25) is 33.9 Å². The van der Waals surface area contributed by atoms with E-state index in [1.165, 1.54) is 53.8 Å². The Morgan fingerprint density at radius 3 is 2.21 bits per heavy atom. The average Bonchev–Trinajstić information content (AvgIpc) is 1.65. The van der Waals surface area contributed by atoms with E-state index >= 15 is 4.39 Å². The van der Waals surface area contributed by atoms with Crippen LogP contribution in [0.15, 0.2) is 115 Å². The van der Waals surface area contributed by atoms with Crippen LogP contribution in [-0.4, -0.2) is 126 Å². The minimum absolute atomic E-state index is 0.0214. The largest absolute Gasteiger partial charge is 0.493 e. The van der Waals surface area contributed by atoms with Crippen LogP contribution in [0.3, 0.4) is 0 Å². The fourth-order valence-corrected chi connectivity index (χ4v) is 11.6. The number of carbonyl (C=O) groups excluding carboxylic acids is 5. The van der Waals surface area contributed by atoms with Gasteiger partial charge in [-0.05, 0) is 97.5 Å². The highest BCUT2D eigenvalue weighted by Crippen LogP contribution is 2.49. The summed E-state index contributed by atoms with van der Waals surface area (Å²) in [4.78, 5) is 81.9. The van der Waals surface area contributed by atoms with E-state index < -0.39 is 53.0 Å². The third-order valence-corrected chi connectivity index (χ3v) is 16.5. The number of halogens is 2. The predicted octanol–water partition coefficient (Wildman–Crippen LogP) is 9.21. The molecule has 1 aliphatic carbocycles. The number of aliphatic hydroxyl groups excluding tert-OH is 1. The van der Waals surface area contributed by atoms with Crippen molar-refractivity contribution < 1.29 is 66.3 Å². The molecule has 5 aromatic carbocycles. The summed E-state index contributed by atoms with van der Waals surface area (Å²) in [5.74, 6) is -2.55. The van der Waals surface area contributed by atoms with Crippen LogP contribution in [0.25, 0.3) is 21.3 Å². The first-order chi connectivity index (χ1) is 41.5. The molecule has 3 atom stereocenters. The maximum atomic E-state index is 15.9. The number of pyridine rings is 1. The summed E-state index contributed by atoms with van der Waals surface area (Å²) >= 11 is 1.51. The molecule has 22 heteroatoms. The van der Waals surface area contributed by atoms with E-state index in [0.717, 1.165) is 50.4 Å². The van der Waals surface area contributed by atoms with Gasteiger partial charge < -0.3 is 54.4 Å². The number of benzene rings is 5. The number of aliphatic hydroxyl groups is 1. The number of likely N-dealkylation sites (tertiary alicyclic amines) is 1. The molecule has 0 unspecified atom stereocenters. The van der Waals surface area contributed by atoms with E-state index in [2.05, 4.69) is 15.3 Å². The van der Waals surface area contributed by atoms with Gasteiger partial charge in [0, 0.05) is 92.6 Å². The zero-order valence-electron chi connectivity index (χ0n) is 48.1. The number of nitrogens with one attached hydrogen (secondary N) is 1. The molecule has 7 aromatic rings. The molecule has 0 bridgehead atoms. The Morgan fingerprint density at radius 2 is 1.55 bits per heavy atom. The lowest BCUT2D eigenvalue weighted by Crippen LogP contribution is -2.55. The van der Waals surface area contributed by atoms with Gasteiger partial charge in [-0.1, -0.05) is 44.2 Å². The quantitative estimate of drug-likeness (QED) is 0.0322. The molecule has 1 saturated carbocycles. The van der Waals surface area contributed by atoms with E-state index in [4.69, 9.17) is 34.2 Å². The number of hydrogen-bond donors (Lipinski definition) is 3. The van der Waals surface area contributed by atoms with E-state index in [1.807, 2.05) is 51.1 Å². The van der Waals surface area contributed by atoms with Crippen molar-refractivity contribution in [2.24, 2.45) is 17.1 Å². The van der Waals surface area contributed by atoms with Crippen LogP contribution in [0.4, 0.5) is 20.2 Å². The number of thiazole rings is 1. The Labute approximate surface area is 499 Å². The number of primary amides is 1. The van der Waals surface area contributed by atoms with Crippen molar-refractivity contribution in [3.8, 4) is 39.2 Å². The van der Waals surface area contributed by atoms with Gasteiger partial charge in [-0.2, -0.15) is 0 Å². The van der Waals surface area contributed by atoms with Gasteiger partial charge in [0.25, 0.3) is 5.91 Å². The smallest absolute Gasteiger partial charge is 0.255 e. The number of aryl methyl sites for hydroxylation is 1. The second-order valence-electron chi connectivity index (χ2n) is 21.7. The number of rotatable bonds is 27. The van der Waals surface area contributed by atoms with Crippen molar-refractivity contribution in [3.05, 3.63) is 149 Å². The molecule has 10 rings (SSSR count). The number of carbonyl (C=O) groups is 5. The van der Waals surface area contributed by atoms with Gasteiger partial charge in [0.1, 0.15) is 34.8 Å². The number of ether oxygens (including phenoxy) is 6. The molecule has 0 radical (unpaired) electrons.